The van der Waals surface area contributed by atoms with Crippen LogP contribution in [0.2, 0.25) is 0 Å². The molecule has 6 aromatic rings. The van der Waals surface area contributed by atoms with Crippen LogP contribution in [0.4, 0.5) is 45.5 Å². The molecule has 0 bridgehead atoms. The van der Waals surface area contributed by atoms with Crippen molar-refractivity contribution in [2.75, 3.05) is 14.7 Å². The van der Waals surface area contributed by atoms with Gasteiger partial charge in [-0.1, -0.05) is 108 Å². The molecule has 0 spiro atoms. The Balaban J connectivity index is 1.35. The summed E-state index contributed by atoms with van der Waals surface area (Å²) in [6, 6.07) is 44.5. The number of benzene rings is 6. The minimum absolute atomic E-state index is 0.0480. The molecule has 10 rings (SSSR count). The highest BCUT2D eigenvalue weighted by molar-refractivity contribution is 7.00. The van der Waals surface area contributed by atoms with Gasteiger partial charge in [0, 0.05) is 45.2 Å². The molecular weight excluding hydrogens is 641 g/mol. The highest BCUT2D eigenvalue weighted by Gasteiger charge is 2.61. The summed E-state index contributed by atoms with van der Waals surface area (Å²) in [6.45, 7) is 16.4. The van der Waals surface area contributed by atoms with Crippen molar-refractivity contribution in [2.24, 2.45) is 0 Å². The average Bonchev–Trinajstić information content (AvgIpc) is 3.35. The molecule has 0 amide bonds. The van der Waals surface area contributed by atoms with Crippen molar-refractivity contribution in [2.45, 2.75) is 85.1 Å². The van der Waals surface area contributed by atoms with Crippen molar-refractivity contribution in [3.05, 3.63) is 149 Å². The Morgan fingerprint density at radius 2 is 1.09 bits per heavy atom. The second-order valence-electron chi connectivity index (χ2n) is 17.0. The third kappa shape index (κ3) is 4.54. The minimum Gasteiger partial charge on any atom is -0.335 e. The molecule has 0 saturated heterocycles. The van der Waals surface area contributed by atoms with Crippen LogP contribution in [-0.2, 0) is 5.41 Å². The van der Waals surface area contributed by atoms with Crippen molar-refractivity contribution in [1.29, 1.82) is 0 Å². The van der Waals surface area contributed by atoms with Gasteiger partial charge in [-0.05, 0) is 131 Å². The molecular formula is C49H48BN3. The van der Waals surface area contributed by atoms with Crippen LogP contribution in [0.25, 0.3) is 0 Å². The lowest BCUT2D eigenvalue weighted by Crippen LogP contribution is -2.64. The van der Waals surface area contributed by atoms with E-state index in [2.05, 4.69) is 178 Å². The van der Waals surface area contributed by atoms with E-state index in [-0.39, 0.29) is 17.7 Å². The van der Waals surface area contributed by atoms with E-state index < -0.39 is 0 Å². The zero-order valence-corrected chi connectivity index (χ0v) is 32.2. The summed E-state index contributed by atoms with van der Waals surface area (Å²) in [5, 5.41) is 0. The molecule has 0 aromatic heterocycles. The number of nitrogens with zero attached hydrogens (tertiary/aromatic N) is 3. The van der Waals surface area contributed by atoms with E-state index in [1.54, 1.807) is 5.56 Å². The minimum atomic E-state index is -0.0480. The summed E-state index contributed by atoms with van der Waals surface area (Å²) in [6.07, 6.45) is 4.93. The monoisotopic (exact) mass is 689 g/mol. The summed E-state index contributed by atoms with van der Waals surface area (Å²) in [5.41, 5.74) is 22.4. The van der Waals surface area contributed by atoms with Crippen LogP contribution in [0.5, 0.6) is 0 Å². The smallest absolute Gasteiger partial charge is 0.252 e. The Kier molecular flexibility index (Phi) is 6.97. The lowest BCUT2D eigenvalue weighted by atomic mass is 9.33. The number of rotatable bonds is 4. The summed E-state index contributed by atoms with van der Waals surface area (Å²) in [7, 11) is 0. The molecule has 262 valence electrons. The zero-order valence-electron chi connectivity index (χ0n) is 32.2. The standard InChI is InChI=1S/C49H48BN3/c1-31-10-17-36(18-11-31)51(37-19-12-32(2)13-20-37)39-29-44-46-45(30-39)53-47-40(48(6)24-8-9-25-49(48,53)7)26-35(5)28-42(47)50(46)41-27-34(4)16-23-43(41)52(44)38-21-14-33(3)15-22-38/h10-23,26-30H,8-9,24-25H2,1-7H3. The number of aryl methyl sites for hydroxylation is 5. The molecule has 0 radical (unpaired) electrons. The topological polar surface area (TPSA) is 9.72 Å². The Labute approximate surface area is 316 Å². The van der Waals surface area contributed by atoms with Crippen molar-refractivity contribution in [3.8, 4) is 0 Å². The first-order chi connectivity index (χ1) is 25.6. The number of hydrogen-bond acceptors (Lipinski definition) is 3. The highest BCUT2D eigenvalue weighted by atomic mass is 15.3. The maximum Gasteiger partial charge on any atom is 0.252 e. The molecule has 0 N–H and O–H groups in total. The SMILES string of the molecule is Cc1ccc(N(c2ccc(C)cc2)c2cc3c4c(c2)N2c5c(cc(C)cc5C5(C)CCCCC25C)B4c2cc(C)ccc2N3c2ccc(C)cc2)cc1. The molecule has 4 aliphatic rings. The van der Waals surface area contributed by atoms with Crippen molar-refractivity contribution in [3.63, 3.8) is 0 Å². The quantitative estimate of drug-likeness (QED) is 0.170. The van der Waals surface area contributed by atoms with Gasteiger partial charge in [-0.25, -0.2) is 0 Å². The maximum absolute atomic E-state index is 2.85. The van der Waals surface area contributed by atoms with Crippen molar-refractivity contribution < 1.29 is 0 Å². The van der Waals surface area contributed by atoms with Gasteiger partial charge in [-0.3, -0.25) is 0 Å². The normalized spacial score (nSPS) is 20.5. The van der Waals surface area contributed by atoms with E-state index >= 15 is 0 Å². The number of fused-ring (bicyclic) bond motifs is 7. The largest absolute Gasteiger partial charge is 0.335 e. The van der Waals surface area contributed by atoms with Crippen LogP contribution in [0.1, 0.15) is 72.9 Å². The van der Waals surface area contributed by atoms with E-state index in [0.29, 0.717) is 0 Å². The predicted octanol–water partition coefficient (Wildman–Crippen LogP) is 11.1. The van der Waals surface area contributed by atoms with Crippen LogP contribution in [-0.4, -0.2) is 12.3 Å². The van der Waals surface area contributed by atoms with Crippen molar-refractivity contribution >= 4 is 68.6 Å². The second-order valence-corrected chi connectivity index (χ2v) is 17.0. The average molecular weight is 690 g/mol. The second kappa shape index (κ2) is 11.4. The molecule has 2 unspecified atom stereocenters. The van der Waals surface area contributed by atoms with Gasteiger partial charge in [-0.15, -0.1) is 0 Å². The van der Waals surface area contributed by atoms with Gasteiger partial charge >= 0.3 is 0 Å². The van der Waals surface area contributed by atoms with Gasteiger partial charge < -0.3 is 14.7 Å². The van der Waals surface area contributed by atoms with Gasteiger partial charge in [0.25, 0.3) is 6.71 Å². The van der Waals surface area contributed by atoms with E-state index in [0.717, 1.165) is 0 Å². The first kappa shape index (κ1) is 32.4. The van der Waals surface area contributed by atoms with Gasteiger partial charge in [-0.2, -0.15) is 0 Å². The van der Waals surface area contributed by atoms with Gasteiger partial charge in [0.1, 0.15) is 0 Å². The first-order valence-corrected chi connectivity index (χ1v) is 19.6. The highest BCUT2D eigenvalue weighted by Crippen LogP contribution is 2.62. The fraction of sp³-hybridized carbons (Fsp3) is 0.265. The van der Waals surface area contributed by atoms with Crippen LogP contribution in [0.3, 0.4) is 0 Å². The molecule has 53 heavy (non-hydrogen) atoms. The molecule has 6 aromatic carbocycles. The number of anilines is 8. The predicted molar refractivity (Wildman–Crippen MR) is 227 cm³/mol. The third-order valence-corrected chi connectivity index (χ3v) is 13.4. The molecule has 3 heterocycles. The molecule has 2 atom stereocenters. The Morgan fingerprint density at radius 3 is 1.75 bits per heavy atom. The third-order valence-electron chi connectivity index (χ3n) is 13.4. The Bertz CT molecular complexity index is 2400. The fourth-order valence-corrected chi connectivity index (χ4v) is 10.5. The molecule has 4 heteroatoms. The zero-order chi connectivity index (χ0) is 36.4. The summed E-state index contributed by atoms with van der Waals surface area (Å²) in [4.78, 5) is 7.90. The summed E-state index contributed by atoms with van der Waals surface area (Å²) < 4.78 is 0. The van der Waals surface area contributed by atoms with Gasteiger partial charge in [0.05, 0.1) is 11.2 Å². The lowest BCUT2D eigenvalue weighted by molar-refractivity contribution is 0.195. The molecule has 3 nitrogen and oxygen atoms in total. The molecule has 1 fully saturated rings. The van der Waals surface area contributed by atoms with E-state index in [1.807, 2.05) is 0 Å². The summed E-state index contributed by atoms with van der Waals surface area (Å²) in [5.74, 6) is 0. The molecule has 1 aliphatic carbocycles. The Hall–Kier alpha value is -5.22. The van der Waals surface area contributed by atoms with Crippen LogP contribution >= 0.6 is 0 Å². The summed E-state index contributed by atoms with van der Waals surface area (Å²) >= 11 is 0. The van der Waals surface area contributed by atoms with Gasteiger partial charge in [0.15, 0.2) is 0 Å². The van der Waals surface area contributed by atoms with Crippen molar-refractivity contribution in [1.82, 2.24) is 0 Å². The molecule has 1 saturated carbocycles. The fourth-order valence-electron chi connectivity index (χ4n) is 10.5. The van der Waals surface area contributed by atoms with Crippen LogP contribution < -0.4 is 31.1 Å². The number of hydrogen-bond donors (Lipinski definition) is 0. The van der Waals surface area contributed by atoms with E-state index in [9.17, 15) is 0 Å². The Morgan fingerprint density at radius 1 is 0.528 bits per heavy atom. The maximum atomic E-state index is 2.85. The first-order valence-electron chi connectivity index (χ1n) is 19.6. The van der Waals surface area contributed by atoms with E-state index in [4.69, 9.17) is 0 Å². The van der Waals surface area contributed by atoms with Crippen LogP contribution in [0, 0.1) is 34.6 Å². The molecule has 3 aliphatic heterocycles. The lowest BCUT2D eigenvalue weighted by Gasteiger charge is -2.53. The van der Waals surface area contributed by atoms with Crippen LogP contribution in [0.15, 0.2) is 115 Å². The van der Waals surface area contributed by atoms with Gasteiger partial charge in [0.2, 0.25) is 0 Å². The van der Waals surface area contributed by atoms with E-state index in [1.165, 1.54) is 115 Å².